The summed E-state index contributed by atoms with van der Waals surface area (Å²) in [6.07, 6.45) is 0. The number of hydrogen-bond acceptors (Lipinski definition) is 6. The Morgan fingerprint density at radius 1 is 0.359 bits per heavy atom. The minimum atomic E-state index is -0.390. The molecule has 0 saturated heterocycles. The molecule has 0 radical (unpaired) electrons. The predicted molar refractivity (Wildman–Crippen MR) is 257 cm³/mol. The van der Waals surface area contributed by atoms with Crippen LogP contribution in [0.15, 0.2) is 194 Å². The van der Waals surface area contributed by atoms with Crippen molar-refractivity contribution in [3.05, 3.63) is 216 Å². The van der Waals surface area contributed by atoms with Crippen molar-refractivity contribution in [2.24, 2.45) is 0 Å². The molecule has 0 fully saturated rings. The average Bonchev–Trinajstić information content (AvgIpc) is 3.36. The second-order valence-corrected chi connectivity index (χ2v) is 15.8. The molecule has 0 aliphatic heterocycles. The third-order valence-electron chi connectivity index (χ3n) is 11.9. The van der Waals surface area contributed by atoms with Gasteiger partial charge in [0.25, 0.3) is 0 Å². The minimum Gasteiger partial charge on any atom is -0.488 e. The molecule has 0 aromatic heterocycles. The van der Waals surface area contributed by atoms with Crippen LogP contribution in [0.4, 0.5) is 0 Å². The zero-order valence-corrected chi connectivity index (χ0v) is 35.3. The minimum absolute atomic E-state index is 0.259. The average molecular weight is 835 g/mol. The molecule has 0 bridgehead atoms. The summed E-state index contributed by atoms with van der Waals surface area (Å²) < 4.78 is 23.5. The molecule has 0 unspecified atom stereocenters. The van der Waals surface area contributed by atoms with Crippen LogP contribution in [0.1, 0.15) is 31.8 Å². The highest BCUT2D eigenvalue weighted by Gasteiger charge is 2.21. The van der Waals surface area contributed by atoms with Gasteiger partial charge in [-0.05, 0) is 137 Å². The summed E-state index contributed by atoms with van der Waals surface area (Å²) in [6.45, 7) is 0.517. The first-order valence-corrected chi connectivity index (χ1v) is 21.1. The van der Waals surface area contributed by atoms with Gasteiger partial charge in [0.2, 0.25) is 0 Å². The maximum Gasteiger partial charge on any atom is 0.337 e. The first-order chi connectivity index (χ1) is 31.4. The number of ether oxygens (including phenoxy) is 4. The lowest BCUT2D eigenvalue weighted by Gasteiger charge is -2.21. The van der Waals surface area contributed by atoms with Gasteiger partial charge in [0.15, 0.2) is 0 Å². The lowest BCUT2D eigenvalue weighted by molar-refractivity contribution is 0.0592. The van der Waals surface area contributed by atoms with Gasteiger partial charge in [0.1, 0.15) is 24.7 Å². The summed E-state index contributed by atoms with van der Waals surface area (Å²) >= 11 is 0. The van der Waals surface area contributed by atoms with Crippen LogP contribution in [0.2, 0.25) is 0 Å². The number of esters is 2. The molecule has 0 amide bonds. The van der Waals surface area contributed by atoms with E-state index in [2.05, 4.69) is 133 Å². The Balaban J connectivity index is 1.13. The topological polar surface area (TPSA) is 71.1 Å². The van der Waals surface area contributed by atoms with Crippen LogP contribution in [0, 0.1) is 0 Å². The van der Waals surface area contributed by atoms with Gasteiger partial charge in [-0.3, -0.25) is 0 Å². The molecular weight excluding hydrogens is 793 g/mol. The van der Waals surface area contributed by atoms with Crippen LogP contribution in [0.5, 0.6) is 11.5 Å². The summed E-state index contributed by atoms with van der Waals surface area (Å²) in [5, 5.41) is 8.86. The summed E-state index contributed by atoms with van der Waals surface area (Å²) in [5.74, 6) is 0.584. The first-order valence-electron chi connectivity index (χ1n) is 21.1. The molecule has 0 N–H and O–H groups in total. The highest BCUT2D eigenvalue weighted by molar-refractivity contribution is 6.11. The van der Waals surface area contributed by atoms with E-state index in [-0.39, 0.29) is 25.2 Å². The smallest absolute Gasteiger partial charge is 0.337 e. The molecule has 0 saturated carbocycles. The van der Waals surface area contributed by atoms with E-state index in [1.807, 2.05) is 36.4 Å². The van der Waals surface area contributed by atoms with Crippen molar-refractivity contribution in [2.75, 3.05) is 14.2 Å². The fraction of sp³-hybridized carbons (Fsp3) is 0.0690. The Labute approximate surface area is 370 Å². The molecule has 0 aliphatic carbocycles. The van der Waals surface area contributed by atoms with E-state index in [9.17, 15) is 9.59 Å². The van der Waals surface area contributed by atoms with Gasteiger partial charge in [0, 0.05) is 11.1 Å². The largest absolute Gasteiger partial charge is 0.488 e. The van der Waals surface area contributed by atoms with E-state index in [1.54, 1.807) is 24.3 Å². The van der Waals surface area contributed by atoms with Crippen LogP contribution in [0.25, 0.3) is 76.5 Å². The van der Waals surface area contributed by atoms with Crippen molar-refractivity contribution >= 4 is 55.0 Å². The maximum atomic E-state index is 12.2. The van der Waals surface area contributed by atoms with Gasteiger partial charge in [-0.15, -0.1) is 0 Å². The second kappa shape index (κ2) is 17.3. The Morgan fingerprint density at radius 2 is 0.703 bits per heavy atom. The van der Waals surface area contributed by atoms with Crippen LogP contribution in [-0.4, -0.2) is 26.2 Å². The van der Waals surface area contributed by atoms with E-state index in [0.29, 0.717) is 22.6 Å². The lowest BCUT2D eigenvalue weighted by atomic mass is 9.89. The van der Waals surface area contributed by atoms with E-state index < -0.39 is 0 Å². The van der Waals surface area contributed by atoms with Crippen molar-refractivity contribution in [3.8, 4) is 44.9 Å². The number of methoxy groups -OCH3 is 2. The zero-order chi connectivity index (χ0) is 43.6. The molecule has 6 heteroatoms. The maximum absolute atomic E-state index is 12.2. The second-order valence-electron chi connectivity index (χ2n) is 15.8. The molecule has 64 heavy (non-hydrogen) atoms. The highest BCUT2D eigenvalue weighted by Crippen LogP contribution is 2.47. The molecule has 6 nitrogen and oxygen atoms in total. The standard InChI is InChI=1S/C58H42O6/c1-61-57(59)41-15-11-37(12-16-41)35-63-53-29-25-49-33-47(45-21-19-39-7-3-5-9-43(39)31-45)23-27-51(49)55(53)56-52-28-24-48(46-22-20-40-8-4-6-10-44(40)32-46)34-50(52)26-30-54(56)64-36-38-13-17-42(18-14-38)58(60)62-2/h3-34H,35-36H2,1-2H3. The van der Waals surface area contributed by atoms with Gasteiger partial charge < -0.3 is 18.9 Å². The molecule has 0 spiro atoms. The molecule has 10 aromatic rings. The van der Waals surface area contributed by atoms with Crippen LogP contribution < -0.4 is 9.47 Å². The third-order valence-corrected chi connectivity index (χ3v) is 11.9. The van der Waals surface area contributed by atoms with Crippen LogP contribution in [-0.2, 0) is 22.7 Å². The molecule has 0 aliphatic rings. The number of hydrogen-bond donors (Lipinski definition) is 0. The van der Waals surface area contributed by atoms with E-state index in [0.717, 1.165) is 66.1 Å². The fourth-order valence-corrected chi connectivity index (χ4v) is 8.50. The number of carbonyl (C=O) groups is 2. The number of fused-ring (bicyclic) bond motifs is 4. The van der Waals surface area contributed by atoms with Crippen LogP contribution >= 0.6 is 0 Å². The summed E-state index contributed by atoms with van der Waals surface area (Å²) in [6, 6.07) is 66.1. The third kappa shape index (κ3) is 7.89. The highest BCUT2D eigenvalue weighted by atomic mass is 16.5. The Morgan fingerprint density at radius 3 is 1.09 bits per heavy atom. The molecule has 10 aromatic carbocycles. The summed E-state index contributed by atoms with van der Waals surface area (Å²) in [5.41, 5.74) is 9.01. The monoisotopic (exact) mass is 834 g/mol. The van der Waals surface area contributed by atoms with Crippen molar-refractivity contribution < 1.29 is 28.5 Å². The molecule has 0 atom stereocenters. The van der Waals surface area contributed by atoms with Gasteiger partial charge >= 0.3 is 11.9 Å². The molecule has 10 rings (SSSR count). The van der Waals surface area contributed by atoms with E-state index in [4.69, 9.17) is 18.9 Å². The Hall–Kier alpha value is -8.22. The number of carbonyl (C=O) groups excluding carboxylic acids is 2. The first kappa shape index (κ1) is 39.9. The van der Waals surface area contributed by atoms with Gasteiger partial charge in [-0.1, -0.05) is 133 Å². The quantitative estimate of drug-likeness (QED) is 0.121. The number of benzene rings is 10. The van der Waals surface area contributed by atoms with Crippen molar-refractivity contribution in [1.82, 2.24) is 0 Å². The predicted octanol–water partition coefficient (Wildman–Crippen LogP) is 14.0. The lowest BCUT2D eigenvalue weighted by Crippen LogP contribution is -2.03. The van der Waals surface area contributed by atoms with Crippen LogP contribution in [0.3, 0.4) is 0 Å². The molecular formula is C58H42O6. The van der Waals surface area contributed by atoms with Crippen molar-refractivity contribution in [3.63, 3.8) is 0 Å². The Bertz CT molecular complexity index is 3160. The summed E-state index contributed by atoms with van der Waals surface area (Å²) in [4.78, 5) is 24.4. The normalized spacial score (nSPS) is 11.2. The SMILES string of the molecule is COC(=O)c1ccc(COc2ccc3cc(-c4ccc5ccccc5c4)ccc3c2-c2c(OCc3ccc(C(=O)OC)cc3)ccc3cc(-c4ccc5ccccc5c4)ccc23)cc1. The molecule has 0 heterocycles. The van der Waals surface area contributed by atoms with Gasteiger partial charge in [-0.25, -0.2) is 9.59 Å². The van der Waals surface area contributed by atoms with Crippen molar-refractivity contribution in [2.45, 2.75) is 13.2 Å². The van der Waals surface area contributed by atoms with E-state index in [1.165, 1.54) is 35.8 Å². The summed E-state index contributed by atoms with van der Waals surface area (Å²) in [7, 11) is 2.75. The van der Waals surface area contributed by atoms with E-state index >= 15 is 0 Å². The van der Waals surface area contributed by atoms with Crippen molar-refractivity contribution in [1.29, 1.82) is 0 Å². The number of rotatable bonds is 11. The zero-order valence-electron chi connectivity index (χ0n) is 35.3. The van der Waals surface area contributed by atoms with Gasteiger partial charge in [0.05, 0.1) is 25.3 Å². The van der Waals surface area contributed by atoms with Gasteiger partial charge in [-0.2, -0.15) is 0 Å². The Kier molecular flexibility index (Phi) is 10.8. The molecule has 310 valence electrons. The fourth-order valence-electron chi connectivity index (χ4n) is 8.50.